The molecule has 11 heteroatoms. The number of amides is 1. The second-order valence-corrected chi connectivity index (χ2v) is 8.65. The molecule has 170 valence electrons. The molecule has 32 heavy (non-hydrogen) atoms. The number of likely N-dealkylation sites (N-methyl/N-ethyl adjacent to an activating group) is 1. The highest BCUT2D eigenvalue weighted by molar-refractivity contribution is 7.23. The summed E-state index contributed by atoms with van der Waals surface area (Å²) in [5, 5.41) is 12.6. The lowest BCUT2D eigenvalue weighted by Crippen LogP contribution is -2.39. The van der Waals surface area contributed by atoms with Crippen LogP contribution in [-0.4, -0.2) is 54.0 Å². The van der Waals surface area contributed by atoms with Gasteiger partial charge in [0.2, 0.25) is 0 Å². The quantitative estimate of drug-likeness (QED) is 0.286. The van der Waals surface area contributed by atoms with Crippen molar-refractivity contribution >= 4 is 61.5 Å². The Kier molecular flexibility index (Phi) is 7.89. The fourth-order valence-electron chi connectivity index (χ4n) is 3.27. The number of hydrogen-bond donors (Lipinski definition) is 0. The van der Waals surface area contributed by atoms with Crippen molar-refractivity contribution in [3.05, 3.63) is 56.1 Å². The molecule has 0 radical (unpaired) electrons. The Balaban J connectivity index is 2.12. The van der Waals surface area contributed by atoms with Crippen LogP contribution in [-0.2, 0) is 0 Å². The van der Waals surface area contributed by atoms with E-state index in [9.17, 15) is 14.9 Å². The molecule has 0 spiro atoms. The maximum atomic E-state index is 13.6. The van der Waals surface area contributed by atoms with Gasteiger partial charge in [0.1, 0.15) is 16.8 Å². The summed E-state index contributed by atoms with van der Waals surface area (Å²) in [5.41, 5.74) is 0.115. The van der Waals surface area contributed by atoms with E-state index in [2.05, 4.69) is 9.88 Å². The molecule has 0 saturated heterocycles. The van der Waals surface area contributed by atoms with E-state index in [-0.39, 0.29) is 22.8 Å². The van der Waals surface area contributed by atoms with Gasteiger partial charge in [-0.25, -0.2) is 4.98 Å². The summed E-state index contributed by atoms with van der Waals surface area (Å²) in [7, 11) is 1.53. The number of benzene rings is 2. The Bertz CT molecular complexity index is 1150. The summed E-state index contributed by atoms with van der Waals surface area (Å²) in [4.78, 5) is 32.7. The number of halogens is 2. The number of rotatable bonds is 9. The molecule has 0 aliphatic carbocycles. The first-order valence-electron chi connectivity index (χ1n) is 9.91. The summed E-state index contributed by atoms with van der Waals surface area (Å²) in [6.45, 7) is 6.50. The van der Waals surface area contributed by atoms with Gasteiger partial charge < -0.3 is 9.64 Å². The Morgan fingerprint density at radius 1 is 1.19 bits per heavy atom. The summed E-state index contributed by atoms with van der Waals surface area (Å²) in [5.74, 6) is -0.0303. The lowest BCUT2D eigenvalue weighted by atomic mass is 10.1. The Morgan fingerprint density at radius 3 is 2.53 bits per heavy atom. The molecule has 3 rings (SSSR count). The Labute approximate surface area is 199 Å². The molecular weight excluding hydrogens is 475 g/mol. The van der Waals surface area contributed by atoms with Crippen molar-refractivity contribution in [2.75, 3.05) is 38.2 Å². The number of ether oxygens (including phenoxy) is 1. The van der Waals surface area contributed by atoms with Crippen molar-refractivity contribution in [2.24, 2.45) is 0 Å². The van der Waals surface area contributed by atoms with Gasteiger partial charge in [0.15, 0.2) is 5.13 Å². The smallest absolute Gasteiger partial charge is 0.282 e. The van der Waals surface area contributed by atoms with Crippen LogP contribution in [0.15, 0.2) is 30.3 Å². The number of thiazole rings is 1. The number of carbonyl (C=O) groups excluding carboxylic acids is 1. The number of nitro benzene ring substituents is 1. The van der Waals surface area contributed by atoms with E-state index in [4.69, 9.17) is 27.9 Å². The van der Waals surface area contributed by atoms with Gasteiger partial charge >= 0.3 is 0 Å². The van der Waals surface area contributed by atoms with Crippen molar-refractivity contribution in [2.45, 2.75) is 13.8 Å². The molecule has 1 heterocycles. The van der Waals surface area contributed by atoms with Crippen LogP contribution < -0.4 is 9.64 Å². The maximum Gasteiger partial charge on any atom is 0.282 e. The molecular formula is C21H22Cl2N4O4S. The highest BCUT2D eigenvalue weighted by Gasteiger charge is 2.29. The predicted octanol–water partition coefficient (Wildman–Crippen LogP) is 5.51. The van der Waals surface area contributed by atoms with Gasteiger partial charge in [0, 0.05) is 24.2 Å². The van der Waals surface area contributed by atoms with Crippen LogP contribution in [0.25, 0.3) is 10.2 Å². The molecule has 0 saturated carbocycles. The van der Waals surface area contributed by atoms with Crippen molar-refractivity contribution in [3.63, 3.8) is 0 Å². The van der Waals surface area contributed by atoms with Crippen LogP contribution in [0, 0.1) is 10.1 Å². The normalized spacial score (nSPS) is 11.2. The van der Waals surface area contributed by atoms with Crippen LogP contribution >= 0.6 is 34.5 Å². The number of nitro groups is 1. The number of carbonyl (C=O) groups is 1. The topological polar surface area (TPSA) is 88.8 Å². The molecule has 0 fully saturated rings. The molecule has 0 aliphatic heterocycles. The number of fused-ring (bicyclic) bond motifs is 1. The van der Waals surface area contributed by atoms with E-state index in [0.29, 0.717) is 32.7 Å². The predicted molar refractivity (Wildman–Crippen MR) is 129 cm³/mol. The lowest BCUT2D eigenvalue weighted by Gasteiger charge is -2.24. The summed E-state index contributed by atoms with van der Waals surface area (Å²) in [6, 6.07) is 7.34. The van der Waals surface area contributed by atoms with Crippen LogP contribution in [0.3, 0.4) is 0 Å². The molecule has 0 atom stereocenters. The molecule has 0 bridgehead atoms. The van der Waals surface area contributed by atoms with Crippen molar-refractivity contribution < 1.29 is 14.5 Å². The minimum Gasteiger partial charge on any atom is -0.494 e. The van der Waals surface area contributed by atoms with Gasteiger partial charge in [0.25, 0.3) is 11.6 Å². The van der Waals surface area contributed by atoms with Crippen molar-refractivity contribution in [1.29, 1.82) is 0 Å². The zero-order chi connectivity index (χ0) is 23.4. The molecule has 0 unspecified atom stereocenters. The highest BCUT2D eigenvalue weighted by Crippen LogP contribution is 2.39. The average Bonchev–Trinajstić information content (AvgIpc) is 3.22. The van der Waals surface area contributed by atoms with Gasteiger partial charge in [-0.05, 0) is 37.4 Å². The van der Waals surface area contributed by atoms with Crippen molar-refractivity contribution in [3.8, 4) is 5.75 Å². The molecule has 3 aromatic rings. The summed E-state index contributed by atoms with van der Waals surface area (Å²) >= 11 is 13.7. The molecule has 1 aromatic heterocycles. The minimum absolute atomic E-state index is 0.0978. The van der Waals surface area contributed by atoms with E-state index < -0.39 is 10.8 Å². The lowest BCUT2D eigenvalue weighted by molar-refractivity contribution is -0.385. The van der Waals surface area contributed by atoms with Crippen LogP contribution in [0.1, 0.15) is 24.2 Å². The van der Waals surface area contributed by atoms with Gasteiger partial charge in [0.05, 0.1) is 21.8 Å². The Morgan fingerprint density at radius 2 is 1.91 bits per heavy atom. The van der Waals surface area contributed by atoms with Crippen LogP contribution in [0.2, 0.25) is 10.0 Å². The fraction of sp³-hybridized carbons (Fsp3) is 0.333. The third kappa shape index (κ3) is 4.96. The number of hydrogen-bond acceptors (Lipinski definition) is 7. The van der Waals surface area contributed by atoms with Gasteiger partial charge in [-0.1, -0.05) is 48.4 Å². The number of aromatic nitrogens is 1. The second kappa shape index (κ2) is 10.4. The molecule has 0 N–H and O–H groups in total. The number of nitrogens with zero attached hydrogens (tertiary/aromatic N) is 4. The van der Waals surface area contributed by atoms with Crippen molar-refractivity contribution in [1.82, 2.24) is 9.88 Å². The molecule has 2 aromatic carbocycles. The van der Waals surface area contributed by atoms with Gasteiger partial charge in [-0.3, -0.25) is 19.8 Å². The molecule has 1 amide bonds. The maximum absolute atomic E-state index is 13.6. The van der Waals surface area contributed by atoms with E-state index >= 15 is 0 Å². The zero-order valence-corrected chi connectivity index (χ0v) is 20.1. The van der Waals surface area contributed by atoms with Crippen LogP contribution in [0.4, 0.5) is 10.8 Å². The SMILES string of the molecule is CCN(CC)CCN(C(=O)c1cc(Cl)ccc1[N+](=O)[O-])c1nc2c(OC)ccc(Cl)c2s1. The molecule has 0 aliphatic rings. The van der Waals surface area contributed by atoms with Crippen LogP contribution in [0.5, 0.6) is 5.75 Å². The van der Waals surface area contributed by atoms with E-state index in [1.807, 2.05) is 13.8 Å². The fourth-order valence-corrected chi connectivity index (χ4v) is 4.72. The minimum atomic E-state index is -0.593. The van der Waals surface area contributed by atoms with Gasteiger partial charge in [-0.15, -0.1) is 0 Å². The number of anilines is 1. The highest BCUT2D eigenvalue weighted by atomic mass is 35.5. The summed E-state index contributed by atoms with van der Waals surface area (Å²) < 4.78 is 6.06. The third-order valence-corrected chi connectivity index (χ3v) is 6.84. The van der Waals surface area contributed by atoms with E-state index in [1.165, 1.54) is 41.5 Å². The largest absolute Gasteiger partial charge is 0.494 e. The number of methoxy groups -OCH3 is 1. The first-order valence-corrected chi connectivity index (χ1v) is 11.5. The van der Waals surface area contributed by atoms with Gasteiger partial charge in [-0.2, -0.15) is 0 Å². The monoisotopic (exact) mass is 496 g/mol. The average molecular weight is 497 g/mol. The summed E-state index contributed by atoms with van der Waals surface area (Å²) in [6.07, 6.45) is 0. The third-order valence-electron chi connectivity index (χ3n) is 5.06. The van der Waals surface area contributed by atoms with E-state index in [1.54, 1.807) is 12.1 Å². The standard InChI is InChI=1S/C21H22Cl2N4O4S/c1-4-25(5-2)10-11-26(20(28)14-12-13(22)6-8-16(14)27(29)30)21-24-18-17(31-3)9-7-15(23)19(18)32-21/h6-9,12H,4-5,10-11H2,1-3H3. The molecule has 8 nitrogen and oxygen atoms in total. The zero-order valence-electron chi connectivity index (χ0n) is 17.8. The first-order chi connectivity index (χ1) is 15.3. The first kappa shape index (κ1) is 24.2. The second-order valence-electron chi connectivity index (χ2n) is 6.83. The Hall–Kier alpha value is -2.46. The van der Waals surface area contributed by atoms with E-state index in [0.717, 1.165) is 13.1 Å².